The Bertz CT molecular complexity index is 5230. The van der Waals surface area contributed by atoms with E-state index in [2.05, 4.69) is 51.1 Å². The molecular formula is C84H90Cl2N8O29. The Balaban J connectivity index is 1.04. The molecule has 7 aromatic rings. The van der Waals surface area contributed by atoms with Crippen LogP contribution in [-0.4, -0.2) is 219 Å². The van der Waals surface area contributed by atoms with Gasteiger partial charge in [0.25, 0.3) is 0 Å². The summed E-state index contributed by atoms with van der Waals surface area (Å²) < 4.78 is 44.0. The number of halogens is 2. The predicted molar refractivity (Wildman–Crippen MR) is 428 cm³/mol. The van der Waals surface area contributed by atoms with Gasteiger partial charge in [0.15, 0.2) is 35.1 Å². The smallest absolute Gasteiger partial charge is 0.335 e. The Kier molecular flexibility index (Phi) is 27.1. The molecule has 123 heavy (non-hydrogen) atoms. The quantitative estimate of drug-likeness (QED) is 0.0525. The number of aliphatic carboxylic acids is 2. The first-order valence-electron chi connectivity index (χ1n) is 39.3. The molecule has 8 aliphatic rings. The Morgan fingerprint density at radius 3 is 1.85 bits per heavy atom. The molecule has 2 saturated heterocycles. The van der Waals surface area contributed by atoms with Crippen molar-refractivity contribution in [2.45, 2.75) is 181 Å². The second-order valence-electron chi connectivity index (χ2n) is 31.2. The third kappa shape index (κ3) is 19.3. The van der Waals surface area contributed by atoms with Gasteiger partial charge >= 0.3 is 11.9 Å². The van der Waals surface area contributed by atoms with Gasteiger partial charge in [0, 0.05) is 47.2 Å². The monoisotopic (exact) mass is 1740 g/mol. The molecule has 654 valence electrons. The summed E-state index contributed by atoms with van der Waals surface area (Å²) in [6.45, 7) is 3.26. The second kappa shape index (κ2) is 37.5. The van der Waals surface area contributed by atoms with Crippen LogP contribution in [0.4, 0.5) is 0 Å². The lowest BCUT2D eigenvalue weighted by Crippen LogP contribution is -2.66. The van der Waals surface area contributed by atoms with Crippen LogP contribution in [0, 0.1) is 5.92 Å². The van der Waals surface area contributed by atoms with E-state index in [1.165, 1.54) is 47.4 Å². The highest BCUT2D eigenvalue weighted by atomic mass is 35.5. The number of ether oxygens (including phenoxy) is 7. The molecule has 15 rings (SSSR count). The van der Waals surface area contributed by atoms with Crippen LogP contribution in [0.25, 0.3) is 11.1 Å². The van der Waals surface area contributed by atoms with E-state index >= 15 is 24.0 Å². The first-order valence-corrected chi connectivity index (χ1v) is 40.0. The zero-order chi connectivity index (χ0) is 88.4. The van der Waals surface area contributed by atoms with Gasteiger partial charge in [0.2, 0.25) is 59.7 Å². The van der Waals surface area contributed by atoms with E-state index in [9.17, 15) is 85.6 Å². The fourth-order valence-corrected chi connectivity index (χ4v) is 15.9. The van der Waals surface area contributed by atoms with Gasteiger partial charge in [0.1, 0.15) is 125 Å². The van der Waals surface area contributed by atoms with E-state index in [0.29, 0.717) is 24.3 Å². The summed E-state index contributed by atoms with van der Waals surface area (Å²) in [5.41, 5.74) is -3.24. The molecule has 39 heteroatoms. The third-order valence-electron chi connectivity index (χ3n) is 21.8. The minimum absolute atomic E-state index is 0.151. The number of carbonyl (C=O) groups is 9. The molecule has 0 spiro atoms. The maximum atomic E-state index is 16.7. The minimum atomic E-state index is -2.47. The second-order valence-corrected chi connectivity index (χ2v) is 32.0. The van der Waals surface area contributed by atoms with Crippen LogP contribution in [0.2, 0.25) is 10.0 Å². The number of hydrogen-bond acceptors (Lipinski definition) is 28. The number of unbranched alkanes of at least 4 members (excludes halogenated alkanes) is 5. The van der Waals surface area contributed by atoms with Gasteiger partial charge in [-0.2, -0.15) is 0 Å². The fourth-order valence-electron chi connectivity index (χ4n) is 15.4. The van der Waals surface area contributed by atoms with Crippen molar-refractivity contribution in [3.63, 3.8) is 0 Å². The van der Waals surface area contributed by atoms with Gasteiger partial charge in [-0.25, -0.2) is 9.59 Å². The average molecular weight is 1750 g/mol. The summed E-state index contributed by atoms with van der Waals surface area (Å²) in [5, 5.41) is 165. The highest BCUT2D eigenvalue weighted by molar-refractivity contribution is 6.33. The number of phenols is 4. The zero-order valence-corrected chi connectivity index (χ0v) is 67.6. The van der Waals surface area contributed by atoms with Crippen molar-refractivity contribution in [3.8, 4) is 80.1 Å². The van der Waals surface area contributed by atoms with E-state index < -0.39 is 271 Å². The molecule has 0 unspecified atom stereocenters. The molecule has 0 aliphatic carbocycles. The average Bonchev–Trinajstić information content (AvgIpc) is 0.767. The number of nitrogens with one attached hydrogen (secondary N) is 7. The third-order valence-corrected chi connectivity index (χ3v) is 22.5. The maximum absolute atomic E-state index is 16.7. The van der Waals surface area contributed by atoms with Crippen LogP contribution in [0.5, 0.6) is 69.0 Å². The number of carboxylic acid groups (broad SMARTS) is 2. The first kappa shape index (κ1) is 88.9. The molecule has 20 N–H and O–H groups in total. The summed E-state index contributed by atoms with van der Waals surface area (Å²) in [4.78, 5) is 138. The van der Waals surface area contributed by atoms with Gasteiger partial charge in [-0.05, 0) is 127 Å². The number of nitrogens with zero attached hydrogens (tertiary/aromatic N) is 1. The lowest BCUT2D eigenvalue weighted by Gasteiger charge is -2.41. The topological polar surface area (TPSA) is 569 Å². The highest BCUT2D eigenvalue weighted by Crippen LogP contribution is 2.51. The maximum Gasteiger partial charge on any atom is 0.335 e. The Morgan fingerprint density at radius 2 is 1.17 bits per heavy atom. The molecule has 18 atom stereocenters. The van der Waals surface area contributed by atoms with Crippen molar-refractivity contribution in [2.75, 3.05) is 20.7 Å². The normalized spacial score (nSPS) is 26.4. The molecule has 8 aliphatic heterocycles. The number of fused-ring (bicyclic) bond motifs is 14. The van der Waals surface area contributed by atoms with E-state index in [1.807, 2.05) is 0 Å². The Morgan fingerprint density at radius 1 is 0.537 bits per heavy atom. The number of benzene rings is 7. The van der Waals surface area contributed by atoms with E-state index in [4.69, 9.17) is 56.4 Å². The largest absolute Gasteiger partial charge is 0.508 e. The summed E-state index contributed by atoms with van der Waals surface area (Å²) in [7, 11) is 3.09. The molecule has 0 radical (unpaired) electrons. The Labute approximate surface area is 710 Å². The zero-order valence-electron chi connectivity index (χ0n) is 66.1. The number of aliphatic hydroxyl groups excluding tert-OH is 7. The summed E-state index contributed by atoms with van der Waals surface area (Å²) >= 11 is 14.2. The number of likely N-dealkylation sites (N-methyl/N-ethyl adjacent to an activating group) is 1. The van der Waals surface area contributed by atoms with Crippen molar-refractivity contribution >= 4 is 76.5 Å². The summed E-state index contributed by atoms with van der Waals surface area (Å²) in [6, 6.07) is 4.60. The molecule has 7 amide bonds. The van der Waals surface area contributed by atoms with Crippen molar-refractivity contribution in [3.05, 3.63) is 164 Å². The lowest BCUT2D eigenvalue weighted by molar-refractivity contribution is -0.277. The lowest BCUT2D eigenvalue weighted by atomic mass is 9.89. The number of hydrogen-bond donors (Lipinski definition) is 20. The van der Waals surface area contributed by atoms with E-state index in [1.54, 1.807) is 14.1 Å². The number of carboxylic acids is 2. The van der Waals surface area contributed by atoms with Crippen molar-refractivity contribution in [1.29, 1.82) is 0 Å². The standard InChI is InChI=1S/C84H90Cl2N8O29/c1-34(2)11-9-7-5-6-8-10-12-57(100)88-65-69(103)71(105)74(82(115)116)123-83(65)122-73-54-27-39-28-55(73)119-51-22-17-38(25-46(51)85)67(101)64-79(111)92-63(81(113)114)44-29-40(96)30-53(120-84-72(106)70(104)68(102)56(33-95)121-84)58(44)43-24-36(15-20-48(43)97)60(76(108)93-64)89-77(109)61(39)90-78(110)62-45-31-42(32-50(99)59(45)86)118-52-26-37(16-21-49(52)98)66(94(3)4)80(112)87-47(75(107)91-62)23-35-13-18-41(117-54)19-14-35/h13-22,24-32,34,47,56,60-72,74,83-84,95-99,101-106H,5-12,23,33H2,1-4H3,(H,87,112)(H,88,100)(H,89,109)(H,90,110)(H,91,107)(H,92,111)(H,93,108)(H,113,114)(H,115,116)/t47-,56-,60-,61-,62+,63+,64+,65-,66-,67-,68-,69-,70+,71+,72+,74+,83-,84+/m1/s1. The number of aromatic hydroxyl groups is 4. The molecular weight excluding hydrogens is 1660 g/mol. The van der Waals surface area contributed by atoms with Crippen LogP contribution in [0.3, 0.4) is 0 Å². The van der Waals surface area contributed by atoms with Gasteiger partial charge in [-0.3, -0.25) is 38.5 Å². The number of carbonyl (C=O) groups excluding carboxylic acids is 7. The molecule has 8 heterocycles. The number of aliphatic hydroxyl groups is 7. The van der Waals surface area contributed by atoms with Crippen LogP contribution in [0.15, 0.2) is 115 Å². The van der Waals surface area contributed by atoms with E-state index in [-0.39, 0.29) is 34.8 Å². The van der Waals surface area contributed by atoms with Gasteiger partial charge < -0.3 is 137 Å². The number of phenolic OH excluding ortho intramolecular Hbond substituents is 4. The fraction of sp³-hybridized carbons (Fsp3) is 0.393. The van der Waals surface area contributed by atoms with E-state index in [0.717, 1.165) is 105 Å². The van der Waals surface area contributed by atoms with Crippen molar-refractivity contribution < 1.29 is 143 Å². The summed E-state index contributed by atoms with van der Waals surface area (Å²) in [5.74, 6) is -18.9. The number of amides is 7. The van der Waals surface area contributed by atoms with Gasteiger partial charge in [0.05, 0.1) is 16.7 Å². The molecule has 0 aromatic heterocycles. The van der Waals surface area contributed by atoms with Crippen LogP contribution >= 0.6 is 23.2 Å². The molecule has 2 fully saturated rings. The number of rotatable bonds is 18. The predicted octanol–water partition coefficient (Wildman–Crippen LogP) is 4.53. The van der Waals surface area contributed by atoms with Crippen LogP contribution in [0.1, 0.15) is 140 Å². The van der Waals surface area contributed by atoms with Gasteiger partial charge in [-0.1, -0.05) is 106 Å². The molecule has 0 saturated carbocycles. The molecule has 7 aromatic carbocycles. The SMILES string of the molecule is CC(C)CCCCCCCCC(=O)N[C@H]1[C@H](Oc2c3cc4cc2Oc2ccc(cc2Cl)[C@@H](O)[C@@H]2NC(=O)[C@H](NC(=O)[C@@H]4NC(=O)[C@H]4NC(=O)[C@@H](Cc5ccc(cc5)O3)NC(=O)[C@H](N(C)C)c3ccc(O)c(c3)Oc3cc(O)c(Cl)c4c3)c3ccc(O)c(c3)-c3c(O[C@H]4O[C@H](CO)[C@@H](O)[C@H](O)[C@@H]4O)cc(O)cc3[C@@H](C(=O)O)NC2=O)O[C@H](C(=O)O)[C@@H](O)[C@@H]1O. The van der Waals surface area contributed by atoms with Crippen molar-refractivity contribution in [2.24, 2.45) is 5.92 Å². The molecule has 37 nitrogen and oxygen atoms in total. The Hall–Kier alpha value is -11.8. The molecule has 17 bridgehead atoms. The highest BCUT2D eigenvalue weighted by Gasteiger charge is 2.52. The summed E-state index contributed by atoms with van der Waals surface area (Å²) in [6.07, 6.45) is -16.3. The van der Waals surface area contributed by atoms with Crippen LogP contribution in [-0.2, 0) is 59.0 Å². The van der Waals surface area contributed by atoms with Crippen LogP contribution < -0.4 is 60.9 Å². The first-order chi connectivity index (χ1) is 58.5. The van der Waals surface area contributed by atoms with Gasteiger partial charge in [-0.15, -0.1) is 0 Å². The minimum Gasteiger partial charge on any atom is -0.508 e. The van der Waals surface area contributed by atoms with Crippen molar-refractivity contribution in [1.82, 2.24) is 42.1 Å².